The number of hydrogen-bond donors (Lipinski definition) is 0. The van der Waals surface area contributed by atoms with Crippen LogP contribution in [-0.4, -0.2) is 11.9 Å². The first kappa shape index (κ1) is 7.44. The molecule has 1 aromatic carbocycles. The van der Waals surface area contributed by atoms with Crippen LogP contribution >= 0.6 is 0 Å². The van der Waals surface area contributed by atoms with E-state index >= 15 is 0 Å². The zero-order chi connectivity index (χ0) is 9.38. The molecule has 4 nitrogen and oxygen atoms in total. The molecule has 0 amide bonds. The highest BCUT2D eigenvalue weighted by Crippen LogP contribution is 2.35. The Kier molecular flexibility index (Phi) is 1.47. The van der Waals surface area contributed by atoms with Crippen molar-refractivity contribution in [2.45, 2.75) is 0 Å². The van der Waals surface area contributed by atoms with Crippen LogP contribution in [0.5, 0.6) is 11.5 Å². The van der Waals surface area contributed by atoms with Gasteiger partial charge in [-0.2, -0.15) is 0 Å². The summed E-state index contributed by atoms with van der Waals surface area (Å²) in [6.45, 7) is 0.289. The molecule has 14 heavy (non-hydrogen) atoms. The highest BCUT2D eigenvalue weighted by Gasteiger charge is 2.14. The maximum atomic E-state index is 5.26. The number of benzene rings is 1. The Morgan fingerprint density at radius 1 is 1.07 bits per heavy atom. The molecular formula is C10H7NO3. The minimum absolute atomic E-state index is 0.289. The summed E-state index contributed by atoms with van der Waals surface area (Å²) in [5.41, 5.74) is 1.76. The molecule has 2 aromatic rings. The van der Waals surface area contributed by atoms with Crippen LogP contribution in [0.4, 0.5) is 0 Å². The van der Waals surface area contributed by atoms with Crippen molar-refractivity contribution in [3.63, 3.8) is 0 Å². The Hall–Kier alpha value is -1.97. The Labute approximate surface area is 80.0 Å². The van der Waals surface area contributed by atoms with Crippen molar-refractivity contribution in [1.29, 1.82) is 0 Å². The Morgan fingerprint density at radius 3 is 2.86 bits per heavy atom. The molecule has 0 spiro atoms. The van der Waals surface area contributed by atoms with Crippen LogP contribution < -0.4 is 9.47 Å². The van der Waals surface area contributed by atoms with Gasteiger partial charge in [-0.1, -0.05) is 5.16 Å². The van der Waals surface area contributed by atoms with Crippen molar-refractivity contribution >= 4 is 0 Å². The summed E-state index contributed by atoms with van der Waals surface area (Å²) in [6, 6.07) is 7.48. The quantitative estimate of drug-likeness (QED) is 0.688. The third-order valence-electron chi connectivity index (χ3n) is 2.11. The average Bonchev–Trinajstić information content (AvgIpc) is 2.88. The molecule has 0 saturated carbocycles. The molecule has 0 radical (unpaired) electrons. The average molecular weight is 189 g/mol. The molecular weight excluding hydrogens is 182 g/mol. The number of nitrogens with zero attached hydrogens (tertiary/aromatic N) is 1. The normalized spacial score (nSPS) is 13.1. The fourth-order valence-electron chi connectivity index (χ4n) is 1.42. The van der Waals surface area contributed by atoms with Gasteiger partial charge in [-0.25, -0.2) is 0 Å². The van der Waals surface area contributed by atoms with E-state index in [0.717, 1.165) is 22.8 Å². The molecule has 1 aliphatic rings. The SMILES string of the molecule is c1cc(-c2ccc3c(c2)OCO3)no1. The molecule has 4 heteroatoms. The monoisotopic (exact) mass is 189 g/mol. The standard InChI is InChI=1S/C10H7NO3/c1-2-9-10(13-6-12-9)5-7(1)8-3-4-14-11-8/h1-5H,6H2. The summed E-state index contributed by atoms with van der Waals surface area (Å²) < 4.78 is 15.2. The highest BCUT2D eigenvalue weighted by molar-refractivity contribution is 5.63. The second-order valence-corrected chi connectivity index (χ2v) is 2.95. The number of rotatable bonds is 1. The van der Waals surface area contributed by atoms with E-state index in [4.69, 9.17) is 14.0 Å². The van der Waals surface area contributed by atoms with Crippen molar-refractivity contribution in [3.8, 4) is 22.8 Å². The summed E-state index contributed by atoms with van der Waals surface area (Å²) in [5.74, 6) is 1.53. The topological polar surface area (TPSA) is 44.5 Å². The fraction of sp³-hybridized carbons (Fsp3) is 0.100. The molecule has 0 fully saturated rings. The molecule has 3 rings (SSSR count). The van der Waals surface area contributed by atoms with Crippen molar-refractivity contribution in [2.24, 2.45) is 0 Å². The van der Waals surface area contributed by atoms with E-state index in [2.05, 4.69) is 5.16 Å². The lowest BCUT2D eigenvalue weighted by Gasteiger charge is -1.98. The summed E-state index contributed by atoms with van der Waals surface area (Å²) in [4.78, 5) is 0. The second kappa shape index (κ2) is 2.77. The van der Waals surface area contributed by atoms with Gasteiger partial charge in [0.15, 0.2) is 11.5 Å². The third-order valence-corrected chi connectivity index (χ3v) is 2.11. The van der Waals surface area contributed by atoms with E-state index in [1.807, 2.05) is 18.2 Å². The Bertz CT molecular complexity index is 450. The van der Waals surface area contributed by atoms with Crippen LogP contribution in [0.1, 0.15) is 0 Å². The molecule has 1 aliphatic heterocycles. The van der Waals surface area contributed by atoms with Gasteiger partial charge >= 0.3 is 0 Å². The van der Waals surface area contributed by atoms with Gasteiger partial charge in [0.25, 0.3) is 0 Å². The molecule has 0 aliphatic carbocycles. The molecule has 0 N–H and O–H groups in total. The Balaban J connectivity index is 2.09. The van der Waals surface area contributed by atoms with Gasteiger partial charge < -0.3 is 14.0 Å². The zero-order valence-electron chi connectivity index (χ0n) is 7.27. The van der Waals surface area contributed by atoms with Gasteiger partial charge in [-0.3, -0.25) is 0 Å². The number of aromatic nitrogens is 1. The van der Waals surface area contributed by atoms with Crippen molar-refractivity contribution in [3.05, 3.63) is 30.5 Å². The summed E-state index contributed by atoms with van der Waals surface area (Å²) in [7, 11) is 0. The van der Waals surface area contributed by atoms with Gasteiger partial charge in [-0.15, -0.1) is 0 Å². The van der Waals surface area contributed by atoms with Crippen LogP contribution in [-0.2, 0) is 0 Å². The summed E-state index contributed by atoms with van der Waals surface area (Å²) in [5, 5.41) is 3.84. The molecule has 2 heterocycles. The maximum Gasteiger partial charge on any atom is 0.231 e. The summed E-state index contributed by atoms with van der Waals surface area (Å²) in [6.07, 6.45) is 1.54. The van der Waals surface area contributed by atoms with E-state index in [1.165, 1.54) is 0 Å². The van der Waals surface area contributed by atoms with Crippen LogP contribution in [0, 0.1) is 0 Å². The largest absolute Gasteiger partial charge is 0.454 e. The van der Waals surface area contributed by atoms with Crippen molar-refractivity contribution in [1.82, 2.24) is 5.16 Å². The molecule has 70 valence electrons. The smallest absolute Gasteiger partial charge is 0.231 e. The van der Waals surface area contributed by atoms with E-state index in [1.54, 1.807) is 12.3 Å². The maximum absolute atomic E-state index is 5.26. The lowest BCUT2D eigenvalue weighted by Crippen LogP contribution is -1.92. The number of ether oxygens (including phenoxy) is 2. The zero-order valence-corrected chi connectivity index (χ0v) is 7.27. The van der Waals surface area contributed by atoms with Crippen LogP contribution in [0.2, 0.25) is 0 Å². The van der Waals surface area contributed by atoms with Crippen LogP contribution in [0.25, 0.3) is 11.3 Å². The molecule has 0 unspecified atom stereocenters. The van der Waals surface area contributed by atoms with Gasteiger partial charge in [0.1, 0.15) is 12.0 Å². The minimum atomic E-state index is 0.289. The second-order valence-electron chi connectivity index (χ2n) is 2.95. The Morgan fingerprint density at radius 2 is 2.00 bits per heavy atom. The van der Waals surface area contributed by atoms with Gasteiger partial charge in [0.05, 0.1) is 0 Å². The first-order valence-corrected chi connectivity index (χ1v) is 4.24. The van der Waals surface area contributed by atoms with Crippen molar-refractivity contribution in [2.75, 3.05) is 6.79 Å². The molecule has 0 saturated heterocycles. The fourth-order valence-corrected chi connectivity index (χ4v) is 1.42. The van der Waals surface area contributed by atoms with E-state index < -0.39 is 0 Å². The third kappa shape index (κ3) is 1.04. The molecule has 0 bridgehead atoms. The predicted octanol–water partition coefficient (Wildman–Crippen LogP) is 2.07. The first-order chi connectivity index (χ1) is 6.93. The molecule has 1 aromatic heterocycles. The van der Waals surface area contributed by atoms with Crippen LogP contribution in [0.15, 0.2) is 35.1 Å². The van der Waals surface area contributed by atoms with E-state index in [0.29, 0.717) is 0 Å². The first-order valence-electron chi connectivity index (χ1n) is 4.24. The summed E-state index contributed by atoms with van der Waals surface area (Å²) >= 11 is 0. The van der Waals surface area contributed by atoms with Gasteiger partial charge in [0, 0.05) is 11.6 Å². The molecule has 0 atom stereocenters. The lowest BCUT2D eigenvalue weighted by molar-refractivity contribution is 0.174. The highest BCUT2D eigenvalue weighted by atomic mass is 16.7. The number of hydrogen-bond acceptors (Lipinski definition) is 4. The number of fused-ring (bicyclic) bond motifs is 1. The van der Waals surface area contributed by atoms with E-state index in [9.17, 15) is 0 Å². The van der Waals surface area contributed by atoms with Crippen molar-refractivity contribution < 1.29 is 14.0 Å². The van der Waals surface area contributed by atoms with E-state index in [-0.39, 0.29) is 6.79 Å². The van der Waals surface area contributed by atoms with Gasteiger partial charge in [-0.05, 0) is 18.2 Å². The predicted molar refractivity (Wildman–Crippen MR) is 48.1 cm³/mol. The minimum Gasteiger partial charge on any atom is -0.454 e. The lowest BCUT2D eigenvalue weighted by atomic mass is 10.1. The van der Waals surface area contributed by atoms with Gasteiger partial charge in [0.2, 0.25) is 6.79 Å². The van der Waals surface area contributed by atoms with Crippen LogP contribution in [0.3, 0.4) is 0 Å².